The van der Waals surface area contributed by atoms with Crippen LogP contribution in [-0.2, 0) is 4.79 Å². The van der Waals surface area contributed by atoms with Gasteiger partial charge in [0.1, 0.15) is 0 Å². The third kappa shape index (κ3) is 1.55. The van der Waals surface area contributed by atoms with E-state index < -0.39 is 0 Å². The summed E-state index contributed by atoms with van der Waals surface area (Å²) in [5.74, 6) is 0.941. The molecule has 2 heteroatoms. The maximum absolute atomic E-state index is 12.1. The Morgan fingerprint density at radius 2 is 1.93 bits per heavy atom. The SMILES string of the molecule is C[C@@H]1CCCC[C@@]12CCCCNC2=O. The van der Waals surface area contributed by atoms with E-state index >= 15 is 0 Å². The second-order valence-electron chi connectivity index (χ2n) is 5.02. The molecule has 2 fully saturated rings. The van der Waals surface area contributed by atoms with Crippen molar-refractivity contribution in [1.29, 1.82) is 0 Å². The van der Waals surface area contributed by atoms with Crippen LogP contribution in [0.15, 0.2) is 0 Å². The average Bonchev–Trinajstić information content (AvgIpc) is 2.36. The molecule has 1 aliphatic carbocycles. The van der Waals surface area contributed by atoms with Crippen LogP contribution in [0.1, 0.15) is 51.9 Å². The summed E-state index contributed by atoms with van der Waals surface area (Å²) in [4.78, 5) is 12.1. The van der Waals surface area contributed by atoms with Crippen LogP contribution < -0.4 is 5.32 Å². The molecule has 2 nitrogen and oxygen atoms in total. The van der Waals surface area contributed by atoms with Gasteiger partial charge in [-0.1, -0.05) is 26.2 Å². The van der Waals surface area contributed by atoms with Crippen LogP contribution in [0, 0.1) is 11.3 Å². The third-order valence-corrected chi connectivity index (χ3v) is 4.24. The minimum atomic E-state index is 0.00868. The van der Waals surface area contributed by atoms with Crippen molar-refractivity contribution in [3.05, 3.63) is 0 Å². The van der Waals surface area contributed by atoms with Crippen LogP contribution in [0.25, 0.3) is 0 Å². The molecule has 1 heterocycles. The molecule has 2 aliphatic rings. The minimum absolute atomic E-state index is 0.00868. The van der Waals surface area contributed by atoms with Gasteiger partial charge in [-0.2, -0.15) is 0 Å². The number of rotatable bonds is 0. The molecule has 1 N–H and O–H groups in total. The number of hydrogen-bond acceptors (Lipinski definition) is 1. The highest BCUT2D eigenvalue weighted by Crippen LogP contribution is 2.45. The van der Waals surface area contributed by atoms with Gasteiger partial charge < -0.3 is 5.32 Å². The molecule has 1 aliphatic heterocycles. The molecule has 14 heavy (non-hydrogen) atoms. The van der Waals surface area contributed by atoms with E-state index in [0.717, 1.165) is 19.4 Å². The van der Waals surface area contributed by atoms with E-state index in [0.29, 0.717) is 11.8 Å². The zero-order valence-corrected chi connectivity index (χ0v) is 9.14. The summed E-state index contributed by atoms with van der Waals surface area (Å²) in [7, 11) is 0. The largest absolute Gasteiger partial charge is 0.356 e. The van der Waals surface area contributed by atoms with Crippen LogP contribution >= 0.6 is 0 Å². The van der Waals surface area contributed by atoms with Gasteiger partial charge in [-0.25, -0.2) is 0 Å². The lowest BCUT2D eigenvalue weighted by molar-refractivity contribution is -0.136. The van der Waals surface area contributed by atoms with Crippen molar-refractivity contribution in [2.75, 3.05) is 6.54 Å². The van der Waals surface area contributed by atoms with Crippen molar-refractivity contribution in [2.24, 2.45) is 11.3 Å². The highest BCUT2D eigenvalue weighted by Gasteiger charge is 2.44. The van der Waals surface area contributed by atoms with Crippen LogP contribution in [0.5, 0.6) is 0 Å². The first-order valence-electron chi connectivity index (χ1n) is 6.04. The molecule has 1 saturated heterocycles. The molecule has 1 amide bonds. The maximum Gasteiger partial charge on any atom is 0.226 e. The van der Waals surface area contributed by atoms with Crippen LogP contribution in [0.2, 0.25) is 0 Å². The van der Waals surface area contributed by atoms with Gasteiger partial charge in [0.2, 0.25) is 5.91 Å². The first kappa shape index (κ1) is 10.0. The Hall–Kier alpha value is -0.530. The predicted octanol–water partition coefficient (Wildman–Crippen LogP) is 2.48. The van der Waals surface area contributed by atoms with Gasteiger partial charge in [0.25, 0.3) is 0 Å². The van der Waals surface area contributed by atoms with Crippen LogP contribution in [0.3, 0.4) is 0 Å². The van der Waals surface area contributed by atoms with E-state index in [1.165, 1.54) is 32.1 Å². The topological polar surface area (TPSA) is 29.1 Å². The van der Waals surface area contributed by atoms with Crippen molar-refractivity contribution >= 4 is 5.91 Å². The first-order chi connectivity index (χ1) is 6.76. The molecule has 0 unspecified atom stereocenters. The lowest BCUT2D eigenvalue weighted by atomic mass is 9.64. The predicted molar refractivity (Wildman–Crippen MR) is 56.9 cm³/mol. The summed E-state index contributed by atoms with van der Waals surface area (Å²) in [6, 6.07) is 0. The Morgan fingerprint density at radius 1 is 1.21 bits per heavy atom. The maximum atomic E-state index is 12.1. The smallest absolute Gasteiger partial charge is 0.226 e. The van der Waals surface area contributed by atoms with Crippen molar-refractivity contribution in [2.45, 2.75) is 51.9 Å². The second kappa shape index (κ2) is 3.92. The van der Waals surface area contributed by atoms with Gasteiger partial charge in [0, 0.05) is 6.54 Å². The highest BCUT2D eigenvalue weighted by molar-refractivity contribution is 5.83. The normalized spacial score (nSPS) is 39.2. The van der Waals surface area contributed by atoms with Gasteiger partial charge in [-0.15, -0.1) is 0 Å². The molecule has 0 aromatic heterocycles. The Bertz CT molecular complexity index is 226. The van der Waals surface area contributed by atoms with Gasteiger partial charge in [0.05, 0.1) is 5.41 Å². The summed E-state index contributed by atoms with van der Waals surface area (Å²) < 4.78 is 0. The highest BCUT2D eigenvalue weighted by atomic mass is 16.2. The standard InChI is InChI=1S/C12H21NO/c1-10-6-2-3-7-12(10)8-4-5-9-13-11(12)14/h10H,2-9H2,1H3,(H,13,14)/t10-,12-/m1/s1. The molecule has 0 aromatic carbocycles. The van der Waals surface area contributed by atoms with Crippen LogP contribution in [-0.4, -0.2) is 12.5 Å². The van der Waals surface area contributed by atoms with Crippen molar-refractivity contribution < 1.29 is 4.79 Å². The zero-order valence-electron chi connectivity index (χ0n) is 9.14. The number of carbonyl (C=O) groups is 1. The average molecular weight is 195 g/mol. The van der Waals surface area contributed by atoms with E-state index in [-0.39, 0.29) is 5.41 Å². The Labute approximate surface area is 86.5 Å². The van der Waals surface area contributed by atoms with E-state index in [1.807, 2.05) is 0 Å². The summed E-state index contributed by atoms with van der Waals surface area (Å²) >= 11 is 0. The zero-order chi connectivity index (χ0) is 10.0. The van der Waals surface area contributed by atoms with Gasteiger partial charge >= 0.3 is 0 Å². The monoisotopic (exact) mass is 195 g/mol. The van der Waals surface area contributed by atoms with Gasteiger partial charge in [-0.05, 0) is 31.6 Å². The molecular weight excluding hydrogens is 174 g/mol. The van der Waals surface area contributed by atoms with E-state index in [9.17, 15) is 4.79 Å². The van der Waals surface area contributed by atoms with Gasteiger partial charge in [0.15, 0.2) is 0 Å². The quantitative estimate of drug-likeness (QED) is 0.632. The van der Waals surface area contributed by atoms with Gasteiger partial charge in [-0.3, -0.25) is 4.79 Å². The minimum Gasteiger partial charge on any atom is -0.356 e. The Balaban J connectivity index is 2.19. The van der Waals surface area contributed by atoms with E-state index in [1.54, 1.807) is 0 Å². The lowest BCUT2D eigenvalue weighted by Crippen LogP contribution is -2.45. The summed E-state index contributed by atoms with van der Waals surface area (Å²) in [5.41, 5.74) is 0.00868. The number of nitrogens with one attached hydrogen (secondary N) is 1. The fraction of sp³-hybridized carbons (Fsp3) is 0.917. The number of carbonyl (C=O) groups excluding carboxylic acids is 1. The molecule has 2 rings (SSSR count). The molecule has 1 saturated carbocycles. The van der Waals surface area contributed by atoms with Crippen molar-refractivity contribution in [3.8, 4) is 0 Å². The van der Waals surface area contributed by atoms with Crippen molar-refractivity contribution in [3.63, 3.8) is 0 Å². The lowest BCUT2D eigenvalue weighted by Gasteiger charge is -2.40. The molecule has 1 spiro atoms. The van der Waals surface area contributed by atoms with Crippen molar-refractivity contribution in [1.82, 2.24) is 5.32 Å². The fourth-order valence-corrected chi connectivity index (χ4v) is 3.18. The molecule has 80 valence electrons. The number of hydrogen-bond donors (Lipinski definition) is 1. The molecule has 2 atom stereocenters. The molecule has 0 radical (unpaired) electrons. The Morgan fingerprint density at radius 3 is 2.64 bits per heavy atom. The Kier molecular flexibility index (Phi) is 2.80. The summed E-state index contributed by atoms with van der Waals surface area (Å²) in [5, 5.41) is 3.10. The van der Waals surface area contributed by atoms with Crippen LogP contribution in [0.4, 0.5) is 0 Å². The first-order valence-corrected chi connectivity index (χ1v) is 6.04. The molecule has 0 aromatic rings. The fourth-order valence-electron chi connectivity index (χ4n) is 3.18. The molecular formula is C12H21NO. The summed E-state index contributed by atoms with van der Waals surface area (Å²) in [6.07, 6.45) is 8.45. The number of amides is 1. The van der Waals surface area contributed by atoms with E-state index in [2.05, 4.69) is 12.2 Å². The second-order valence-corrected chi connectivity index (χ2v) is 5.02. The summed E-state index contributed by atoms with van der Waals surface area (Å²) in [6.45, 7) is 3.16. The third-order valence-electron chi connectivity index (χ3n) is 4.24. The van der Waals surface area contributed by atoms with E-state index in [4.69, 9.17) is 0 Å². The molecule has 0 bridgehead atoms.